The van der Waals surface area contributed by atoms with E-state index >= 15 is 0 Å². The molecule has 0 aliphatic carbocycles. The summed E-state index contributed by atoms with van der Waals surface area (Å²) in [6.45, 7) is 0. The lowest BCUT2D eigenvalue weighted by atomic mass is 10.0. The molecule has 0 amide bonds. The van der Waals surface area contributed by atoms with Gasteiger partial charge in [0.1, 0.15) is 0 Å². The molecular formula is C15H9BrO. The van der Waals surface area contributed by atoms with Crippen LogP contribution in [0.15, 0.2) is 53.0 Å². The van der Waals surface area contributed by atoms with Crippen LogP contribution in [0.4, 0.5) is 0 Å². The Kier molecular flexibility index (Phi) is 2.45. The Balaban J connectivity index is 2.59. The number of aldehydes is 1. The average Bonchev–Trinajstić information content (AvgIpc) is 2.38. The van der Waals surface area contributed by atoms with Gasteiger partial charge >= 0.3 is 0 Å². The minimum atomic E-state index is 0.731. The first kappa shape index (κ1) is 10.5. The third-order valence-electron chi connectivity index (χ3n) is 3.00. The maximum atomic E-state index is 11.1. The Labute approximate surface area is 107 Å². The second-order valence-electron chi connectivity index (χ2n) is 3.97. The molecule has 2 heteroatoms. The van der Waals surface area contributed by atoms with Crippen molar-refractivity contribution in [3.8, 4) is 0 Å². The number of benzene rings is 3. The maximum absolute atomic E-state index is 11.1. The van der Waals surface area contributed by atoms with Gasteiger partial charge in [0.2, 0.25) is 0 Å². The molecule has 3 aromatic rings. The number of hydrogen-bond donors (Lipinski definition) is 0. The molecule has 1 nitrogen and oxygen atoms in total. The number of halogens is 1. The van der Waals surface area contributed by atoms with Crippen molar-refractivity contribution in [2.75, 3.05) is 0 Å². The molecule has 0 spiro atoms. The standard InChI is InChI=1S/C15H9BrO/c16-15-12-6-2-1-4-10(12)8-14-11(9-17)5-3-7-13(14)15/h1-9H. The highest BCUT2D eigenvalue weighted by atomic mass is 79.9. The van der Waals surface area contributed by atoms with Crippen molar-refractivity contribution >= 4 is 43.8 Å². The lowest BCUT2D eigenvalue weighted by Crippen LogP contribution is -1.85. The highest BCUT2D eigenvalue weighted by Gasteiger charge is 2.07. The van der Waals surface area contributed by atoms with Crippen LogP contribution in [0.1, 0.15) is 10.4 Å². The normalized spacial score (nSPS) is 10.9. The molecule has 0 aliphatic heterocycles. The fourth-order valence-electron chi connectivity index (χ4n) is 2.16. The van der Waals surface area contributed by atoms with Gasteiger partial charge in [0.25, 0.3) is 0 Å². The van der Waals surface area contributed by atoms with Crippen LogP contribution in [0.2, 0.25) is 0 Å². The smallest absolute Gasteiger partial charge is 0.150 e. The quantitative estimate of drug-likeness (QED) is 0.473. The number of carbonyl (C=O) groups excluding carboxylic acids is 1. The van der Waals surface area contributed by atoms with Crippen LogP contribution < -0.4 is 0 Å². The van der Waals surface area contributed by atoms with E-state index < -0.39 is 0 Å². The highest BCUT2D eigenvalue weighted by Crippen LogP contribution is 2.33. The predicted molar refractivity (Wildman–Crippen MR) is 74.5 cm³/mol. The minimum absolute atomic E-state index is 0.731. The molecule has 17 heavy (non-hydrogen) atoms. The molecule has 0 saturated heterocycles. The van der Waals surface area contributed by atoms with Crippen LogP contribution in [0.3, 0.4) is 0 Å². The Morgan fingerprint density at radius 2 is 1.65 bits per heavy atom. The molecule has 0 bridgehead atoms. The Morgan fingerprint density at radius 3 is 2.47 bits per heavy atom. The molecule has 3 aromatic carbocycles. The monoisotopic (exact) mass is 284 g/mol. The number of carbonyl (C=O) groups is 1. The first-order valence-corrected chi connectivity index (χ1v) is 6.16. The molecule has 3 rings (SSSR count). The van der Waals surface area contributed by atoms with E-state index in [1.165, 1.54) is 5.39 Å². The van der Waals surface area contributed by atoms with Crippen LogP contribution in [0.25, 0.3) is 21.5 Å². The van der Waals surface area contributed by atoms with E-state index in [9.17, 15) is 4.79 Å². The first-order valence-electron chi connectivity index (χ1n) is 5.36. The molecule has 0 atom stereocenters. The summed E-state index contributed by atoms with van der Waals surface area (Å²) in [5.41, 5.74) is 0.731. The van der Waals surface area contributed by atoms with Crippen molar-refractivity contribution in [2.24, 2.45) is 0 Å². The molecule has 0 aliphatic rings. The average molecular weight is 285 g/mol. The van der Waals surface area contributed by atoms with Crippen LogP contribution in [0.5, 0.6) is 0 Å². The van der Waals surface area contributed by atoms with Gasteiger partial charge in [0, 0.05) is 10.0 Å². The van der Waals surface area contributed by atoms with Gasteiger partial charge in [-0.05, 0) is 43.5 Å². The lowest BCUT2D eigenvalue weighted by molar-refractivity contribution is 0.112. The van der Waals surface area contributed by atoms with Gasteiger partial charge in [-0.15, -0.1) is 0 Å². The largest absolute Gasteiger partial charge is 0.298 e. The summed E-state index contributed by atoms with van der Waals surface area (Å²) >= 11 is 3.63. The molecule has 0 radical (unpaired) electrons. The van der Waals surface area contributed by atoms with E-state index in [4.69, 9.17) is 0 Å². The Bertz CT molecular complexity index is 731. The molecule has 0 unspecified atom stereocenters. The fourth-order valence-corrected chi connectivity index (χ4v) is 2.87. The number of rotatable bonds is 1. The van der Waals surface area contributed by atoms with Crippen molar-refractivity contribution in [3.63, 3.8) is 0 Å². The van der Waals surface area contributed by atoms with Crippen molar-refractivity contribution in [3.05, 3.63) is 58.6 Å². The van der Waals surface area contributed by atoms with Crippen LogP contribution in [-0.2, 0) is 0 Å². The Hall–Kier alpha value is -1.67. The fraction of sp³-hybridized carbons (Fsp3) is 0. The topological polar surface area (TPSA) is 17.1 Å². The zero-order valence-electron chi connectivity index (χ0n) is 8.98. The molecule has 0 heterocycles. The highest BCUT2D eigenvalue weighted by molar-refractivity contribution is 9.10. The van der Waals surface area contributed by atoms with Gasteiger partial charge in [0.15, 0.2) is 6.29 Å². The van der Waals surface area contributed by atoms with Crippen molar-refractivity contribution in [2.45, 2.75) is 0 Å². The molecule has 0 saturated carbocycles. The first-order chi connectivity index (χ1) is 8.31. The zero-order valence-corrected chi connectivity index (χ0v) is 10.6. The number of hydrogen-bond acceptors (Lipinski definition) is 1. The van der Waals surface area contributed by atoms with E-state index in [1.54, 1.807) is 0 Å². The predicted octanol–water partition coefficient (Wildman–Crippen LogP) is 4.57. The van der Waals surface area contributed by atoms with Gasteiger partial charge < -0.3 is 0 Å². The summed E-state index contributed by atoms with van der Waals surface area (Å²) in [4.78, 5) is 11.1. The molecular weight excluding hydrogens is 276 g/mol. The molecule has 0 aromatic heterocycles. The van der Waals surface area contributed by atoms with Gasteiger partial charge in [-0.1, -0.05) is 42.5 Å². The summed E-state index contributed by atoms with van der Waals surface area (Å²) < 4.78 is 1.05. The second-order valence-corrected chi connectivity index (χ2v) is 4.76. The molecule has 0 fully saturated rings. The van der Waals surface area contributed by atoms with Crippen molar-refractivity contribution in [1.82, 2.24) is 0 Å². The molecule has 0 N–H and O–H groups in total. The van der Waals surface area contributed by atoms with E-state index in [-0.39, 0.29) is 0 Å². The minimum Gasteiger partial charge on any atom is -0.298 e. The third kappa shape index (κ3) is 1.56. The summed E-state index contributed by atoms with van der Waals surface area (Å²) in [6, 6.07) is 16.0. The summed E-state index contributed by atoms with van der Waals surface area (Å²) in [7, 11) is 0. The van der Waals surface area contributed by atoms with E-state index in [0.29, 0.717) is 0 Å². The van der Waals surface area contributed by atoms with Crippen LogP contribution in [-0.4, -0.2) is 6.29 Å². The van der Waals surface area contributed by atoms with E-state index in [0.717, 1.165) is 32.5 Å². The van der Waals surface area contributed by atoms with E-state index in [2.05, 4.69) is 34.1 Å². The third-order valence-corrected chi connectivity index (χ3v) is 3.85. The van der Waals surface area contributed by atoms with E-state index in [1.807, 2.05) is 30.3 Å². The summed E-state index contributed by atoms with van der Waals surface area (Å²) in [6.07, 6.45) is 0.906. The lowest BCUT2D eigenvalue weighted by Gasteiger charge is -2.07. The van der Waals surface area contributed by atoms with Gasteiger partial charge in [-0.3, -0.25) is 4.79 Å². The Morgan fingerprint density at radius 1 is 0.882 bits per heavy atom. The second kappa shape index (κ2) is 3.97. The SMILES string of the molecule is O=Cc1cccc2c(Br)c3ccccc3cc12. The van der Waals surface area contributed by atoms with Crippen molar-refractivity contribution in [1.29, 1.82) is 0 Å². The van der Waals surface area contributed by atoms with Gasteiger partial charge in [-0.2, -0.15) is 0 Å². The summed E-state index contributed by atoms with van der Waals surface area (Å²) in [5.74, 6) is 0. The zero-order chi connectivity index (χ0) is 11.8. The van der Waals surface area contributed by atoms with Gasteiger partial charge in [0.05, 0.1) is 0 Å². The van der Waals surface area contributed by atoms with Crippen LogP contribution >= 0.6 is 15.9 Å². The summed E-state index contributed by atoms with van der Waals surface area (Å²) in [5, 5.41) is 4.38. The van der Waals surface area contributed by atoms with Crippen LogP contribution in [0, 0.1) is 0 Å². The maximum Gasteiger partial charge on any atom is 0.150 e. The van der Waals surface area contributed by atoms with Gasteiger partial charge in [-0.25, -0.2) is 0 Å². The van der Waals surface area contributed by atoms with Crippen molar-refractivity contribution < 1.29 is 4.79 Å². The number of fused-ring (bicyclic) bond motifs is 2. The molecule has 82 valence electrons.